The minimum atomic E-state index is -0.580. The summed E-state index contributed by atoms with van der Waals surface area (Å²) in [6, 6.07) is 15.5. The van der Waals surface area contributed by atoms with Crippen LogP contribution in [0.2, 0.25) is 0 Å². The molecule has 2 N–H and O–H groups in total. The minimum Gasteiger partial charge on any atom is -0.389 e. The van der Waals surface area contributed by atoms with Crippen LogP contribution >= 0.6 is 11.3 Å². The molecule has 8 nitrogen and oxygen atoms in total. The van der Waals surface area contributed by atoms with E-state index in [2.05, 4.69) is 26.6 Å². The lowest BCUT2D eigenvalue weighted by Gasteiger charge is -2.27. The van der Waals surface area contributed by atoms with Gasteiger partial charge in [-0.05, 0) is 49.8 Å². The Hall–Kier alpha value is -3.72. The summed E-state index contributed by atoms with van der Waals surface area (Å²) in [6.07, 6.45) is 0.499. The van der Waals surface area contributed by atoms with Gasteiger partial charge < -0.3 is 15.0 Å². The first-order valence-electron chi connectivity index (χ1n) is 11.7. The van der Waals surface area contributed by atoms with Gasteiger partial charge in [0.1, 0.15) is 5.69 Å². The van der Waals surface area contributed by atoms with Crippen molar-refractivity contribution in [2.45, 2.75) is 26.3 Å². The maximum Gasteiger partial charge on any atom is 0.414 e. The zero-order valence-corrected chi connectivity index (χ0v) is 20.3. The third kappa shape index (κ3) is 4.05. The van der Waals surface area contributed by atoms with Gasteiger partial charge in [-0.25, -0.2) is 9.78 Å². The van der Waals surface area contributed by atoms with Crippen molar-refractivity contribution < 1.29 is 14.3 Å². The number of nitrogens with one attached hydrogen (secondary N) is 2. The molecule has 9 heteroatoms. The fourth-order valence-electron chi connectivity index (χ4n) is 5.08. The van der Waals surface area contributed by atoms with Gasteiger partial charge >= 0.3 is 6.09 Å². The predicted molar refractivity (Wildman–Crippen MR) is 134 cm³/mol. The number of carbonyl (C=O) groups excluding carboxylic acids is 2. The number of likely N-dealkylation sites (tertiary alicyclic amines) is 1. The number of aromatic nitrogens is 3. The Balaban J connectivity index is 1.17. The molecule has 2 aliphatic rings. The quantitative estimate of drug-likeness (QED) is 0.430. The Kier molecular flexibility index (Phi) is 5.29. The molecular formula is C26H25N5O3S. The van der Waals surface area contributed by atoms with Crippen LogP contribution in [0.1, 0.15) is 27.5 Å². The second-order valence-corrected chi connectivity index (χ2v) is 10.5. The maximum absolute atomic E-state index is 13.7. The first-order chi connectivity index (χ1) is 17.0. The van der Waals surface area contributed by atoms with E-state index < -0.39 is 6.09 Å². The number of H-pyrrole nitrogens is 1. The highest BCUT2D eigenvalue weighted by Gasteiger charge is 2.54. The van der Waals surface area contributed by atoms with Crippen LogP contribution < -0.4 is 10.1 Å². The lowest BCUT2D eigenvalue weighted by atomic mass is 10.1. The molecule has 0 radical (unpaired) electrons. The molecule has 4 aromatic rings. The monoisotopic (exact) mass is 487 g/mol. The van der Waals surface area contributed by atoms with Gasteiger partial charge in [-0.3, -0.25) is 9.89 Å². The molecule has 178 valence electrons. The molecule has 0 bridgehead atoms. The van der Waals surface area contributed by atoms with E-state index in [0.717, 1.165) is 38.3 Å². The molecule has 35 heavy (non-hydrogen) atoms. The summed E-state index contributed by atoms with van der Waals surface area (Å²) in [5, 5.41) is 11.4. The third-order valence-corrected chi connectivity index (χ3v) is 7.88. The van der Waals surface area contributed by atoms with Crippen LogP contribution in [0.4, 0.5) is 4.79 Å². The number of ether oxygens (including phenoxy) is 1. The van der Waals surface area contributed by atoms with E-state index in [9.17, 15) is 9.59 Å². The Bertz CT molecular complexity index is 1440. The summed E-state index contributed by atoms with van der Waals surface area (Å²) in [6.45, 7) is 4.99. The number of hydrogen-bond donors (Lipinski definition) is 2. The molecule has 3 atom stereocenters. The van der Waals surface area contributed by atoms with E-state index in [-0.39, 0.29) is 17.8 Å². The molecule has 3 heterocycles. The number of amides is 2. The fourth-order valence-corrected chi connectivity index (χ4v) is 5.99. The normalized spacial score (nSPS) is 20.6. The second-order valence-electron chi connectivity index (χ2n) is 9.31. The number of para-hydroxylation sites is 1. The highest BCUT2D eigenvalue weighted by molar-refractivity contribution is 7.15. The zero-order chi connectivity index (χ0) is 24.1. The number of thiazole rings is 1. The van der Waals surface area contributed by atoms with Crippen LogP contribution in [0.15, 0.2) is 48.5 Å². The van der Waals surface area contributed by atoms with Gasteiger partial charge in [-0.1, -0.05) is 42.0 Å². The molecule has 2 aromatic carbocycles. The number of hydrogen-bond acceptors (Lipinski definition) is 6. The average molecular weight is 488 g/mol. The Morgan fingerprint density at radius 3 is 2.91 bits per heavy atom. The van der Waals surface area contributed by atoms with Gasteiger partial charge in [0.15, 0.2) is 0 Å². The van der Waals surface area contributed by atoms with Crippen molar-refractivity contribution in [3.8, 4) is 16.3 Å². The van der Waals surface area contributed by atoms with Crippen molar-refractivity contribution in [1.82, 2.24) is 25.4 Å². The summed E-state index contributed by atoms with van der Waals surface area (Å²) >= 11 is 1.54. The van der Waals surface area contributed by atoms with Crippen molar-refractivity contribution >= 4 is 34.2 Å². The molecule has 0 spiro atoms. The van der Waals surface area contributed by atoms with Crippen LogP contribution in [-0.2, 0) is 0 Å². The minimum absolute atomic E-state index is 0.0727. The number of nitrogens with zero attached hydrogens (tertiary/aromatic N) is 3. The van der Waals surface area contributed by atoms with Crippen molar-refractivity contribution in [2.24, 2.45) is 11.8 Å². The van der Waals surface area contributed by atoms with Crippen molar-refractivity contribution in [2.75, 3.05) is 13.1 Å². The maximum atomic E-state index is 13.7. The Morgan fingerprint density at radius 2 is 2.06 bits per heavy atom. The number of carbonyl (C=O) groups is 2. The van der Waals surface area contributed by atoms with Crippen molar-refractivity contribution in [1.29, 1.82) is 0 Å². The van der Waals surface area contributed by atoms with Crippen LogP contribution in [0, 0.1) is 25.7 Å². The van der Waals surface area contributed by atoms with E-state index in [4.69, 9.17) is 4.74 Å². The van der Waals surface area contributed by atoms with Gasteiger partial charge in [0, 0.05) is 13.1 Å². The van der Waals surface area contributed by atoms with E-state index in [1.165, 1.54) is 11.3 Å². The van der Waals surface area contributed by atoms with E-state index in [0.29, 0.717) is 30.6 Å². The summed E-state index contributed by atoms with van der Waals surface area (Å²) in [7, 11) is 0. The smallest absolute Gasteiger partial charge is 0.389 e. The van der Waals surface area contributed by atoms with Crippen LogP contribution in [0.25, 0.3) is 21.3 Å². The molecule has 2 fully saturated rings. The molecule has 1 aliphatic carbocycles. The van der Waals surface area contributed by atoms with Crippen molar-refractivity contribution in [3.63, 3.8) is 0 Å². The largest absolute Gasteiger partial charge is 0.414 e. The number of aromatic amines is 1. The number of benzene rings is 2. The summed E-state index contributed by atoms with van der Waals surface area (Å²) in [4.78, 5) is 33.6. The number of aryl methyl sites for hydroxylation is 2. The number of fused-ring (bicyclic) bond motifs is 2. The summed E-state index contributed by atoms with van der Waals surface area (Å²) < 4.78 is 5.44. The van der Waals surface area contributed by atoms with Gasteiger partial charge in [-0.2, -0.15) is 0 Å². The van der Waals surface area contributed by atoms with Crippen LogP contribution in [0.3, 0.4) is 0 Å². The van der Waals surface area contributed by atoms with Gasteiger partial charge in [0.05, 0.1) is 26.8 Å². The topological polar surface area (TPSA) is 100 Å². The zero-order valence-electron chi connectivity index (χ0n) is 19.4. The first kappa shape index (κ1) is 21.8. The van der Waals surface area contributed by atoms with Crippen LogP contribution in [0.5, 0.6) is 5.88 Å². The molecule has 1 saturated heterocycles. The molecule has 6 rings (SSSR count). The molecule has 2 amide bonds. The first-order valence-corrected chi connectivity index (χ1v) is 12.5. The predicted octanol–water partition coefficient (Wildman–Crippen LogP) is 4.55. The Morgan fingerprint density at radius 1 is 1.20 bits per heavy atom. The molecule has 2 aromatic heterocycles. The third-order valence-electron chi connectivity index (χ3n) is 6.86. The van der Waals surface area contributed by atoms with Crippen LogP contribution in [-0.4, -0.2) is 51.2 Å². The molecular weight excluding hydrogens is 462 g/mol. The Labute approximate surface area is 206 Å². The average Bonchev–Trinajstić information content (AvgIpc) is 3.16. The SMILES string of the molecule is Cc1cccc(-c2sc(C)nc2C(=O)N2C[C@@H]3C[C@@H]3[C@H]2CNC(=O)Oc2n[nH]c3ccccc23)c1. The fraction of sp³-hybridized carbons (Fsp3) is 0.308. The number of piperidine rings is 1. The van der Waals surface area contributed by atoms with Gasteiger partial charge in [-0.15, -0.1) is 16.4 Å². The highest BCUT2D eigenvalue weighted by Crippen LogP contribution is 2.50. The van der Waals surface area contributed by atoms with Gasteiger partial charge in [0.25, 0.3) is 11.8 Å². The second kappa shape index (κ2) is 8.49. The summed E-state index contributed by atoms with van der Waals surface area (Å²) in [5.41, 5.74) is 3.44. The van der Waals surface area contributed by atoms with E-state index in [1.54, 1.807) is 0 Å². The lowest BCUT2D eigenvalue weighted by Crippen LogP contribution is -2.46. The van der Waals surface area contributed by atoms with E-state index in [1.807, 2.05) is 61.2 Å². The summed E-state index contributed by atoms with van der Waals surface area (Å²) in [5.74, 6) is 1.05. The van der Waals surface area contributed by atoms with E-state index >= 15 is 0 Å². The van der Waals surface area contributed by atoms with Gasteiger partial charge in [0.2, 0.25) is 0 Å². The number of rotatable bonds is 5. The molecule has 0 unspecified atom stereocenters. The lowest BCUT2D eigenvalue weighted by molar-refractivity contribution is 0.0700. The standard InChI is InChI=1S/C26H25N5O3S/c1-14-6-5-7-16(10-14)23-22(28-15(2)35-23)25(32)31-13-17-11-19(17)21(31)12-27-26(33)34-24-18-8-3-4-9-20(18)29-30-24/h3-10,17,19,21H,11-13H2,1-2H3,(H,27,33)(H,29,30)/t17-,19-,21+/m0/s1. The molecule has 1 aliphatic heterocycles. The molecule has 1 saturated carbocycles. The highest BCUT2D eigenvalue weighted by atomic mass is 32.1. The van der Waals surface area contributed by atoms with Crippen molar-refractivity contribution in [3.05, 3.63) is 64.8 Å².